The molecule has 0 aromatic carbocycles. The van der Waals surface area contributed by atoms with Gasteiger partial charge in [0, 0.05) is 12.6 Å². The van der Waals surface area contributed by atoms with Crippen molar-refractivity contribution in [3.05, 3.63) is 23.8 Å². The van der Waals surface area contributed by atoms with E-state index in [0.717, 1.165) is 19.3 Å². The first kappa shape index (κ1) is 8.50. The molecule has 4 N–H and O–H groups in total. The SMILES string of the molecule is NC[C@@H](N)CC1=CC=CCC1. The maximum Gasteiger partial charge on any atom is 0.0200 e. The molecule has 1 atom stereocenters. The lowest BCUT2D eigenvalue weighted by atomic mass is 9.98. The molecule has 1 aliphatic carbocycles. The standard InChI is InChI=1S/C9H16N2/c10-7-9(11)6-8-4-2-1-3-5-8/h1-2,4,9H,3,5-7,10-11H2/t9-/m0/s1. The van der Waals surface area contributed by atoms with Gasteiger partial charge in [-0.05, 0) is 19.3 Å². The molecule has 0 saturated carbocycles. The van der Waals surface area contributed by atoms with E-state index >= 15 is 0 Å². The Morgan fingerprint density at radius 1 is 1.55 bits per heavy atom. The van der Waals surface area contributed by atoms with E-state index in [-0.39, 0.29) is 6.04 Å². The van der Waals surface area contributed by atoms with Gasteiger partial charge in [0.2, 0.25) is 0 Å². The Morgan fingerprint density at radius 3 is 2.91 bits per heavy atom. The van der Waals surface area contributed by atoms with Crippen LogP contribution in [0.1, 0.15) is 19.3 Å². The topological polar surface area (TPSA) is 52.0 Å². The van der Waals surface area contributed by atoms with E-state index in [9.17, 15) is 0 Å². The number of nitrogens with two attached hydrogens (primary N) is 2. The largest absolute Gasteiger partial charge is 0.329 e. The van der Waals surface area contributed by atoms with Gasteiger partial charge in [0.15, 0.2) is 0 Å². The van der Waals surface area contributed by atoms with E-state index in [1.807, 2.05) is 0 Å². The Morgan fingerprint density at radius 2 is 2.36 bits per heavy atom. The Hall–Kier alpha value is -0.600. The zero-order chi connectivity index (χ0) is 8.10. The van der Waals surface area contributed by atoms with Gasteiger partial charge in [-0.2, -0.15) is 0 Å². The molecule has 2 heteroatoms. The second kappa shape index (κ2) is 4.31. The first-order valence-electron chi connectivity index (χ1n) is 4.13. The molecule has 0 heterocycles. The summed E-state index contributed by atoms with van der Waals surface area (Å²) in [6.45, 7) is 0.584. The minimum atomic E-state index is 0.146. The second-order valence-electron chi connectivity index (χ2n) is 2.99. The Balaban J connectivity index is 2.35. The summed E-state index contributed by atoms with van der Waals surface area (Å²) in [5, 5.41) is 0. The van der Waals surface area contributed by atoms with Crippen molar-refractivity contribution in [2.75, 3.05) is 6.54 Å². The van der Waals surface area contributed by atoms with Gasteiger partial charge in [-0.15, -0.1) is 0 Å². The normalized spacial score (nSPS) is 19.6. The third-order valence-corrected chi connectivity index (χ3v) is 1.93. The van der Waals surface area contributed by atoms with Gasteiger partial charge in [-0.25, -0.2) is 0 Å². The van der Waals surface area contributed by atoms with Crippen LogP contribution >= 0.6 is 0 Å². The van der Waals surface area contributed by atoms with E-state index in [0.29, 0.717) is 6.54 Å². The van der Waals surface area contributed by atoms with Crippen LogP contribution in [-0.4, -0.2) is 12.6 Å². The fraction of sp³-hybridized carbons (Fsp3) is 0.556. The first-order chi connectivity index (χ1) is 5.33. The fourth-order valence-corrected chi connectivity index (χ4v) is 1.24. The Bertz CT molecular complexity index is 170. The maximum atomic E-state index is 5.71. The number of allylic oxidation sites excluding steroid dienone is 3. The predicted octanol–water partition coefficient (Wildman–Crippen LogP) is 0.939. The highest BCUT2D eigenvalue weighted by Gasteiger charge is 2.04. The molecule has 0 spiro atoms. The van der Waals surface area contributed by atoms with E-state index in [2.05, 4.69) is 18.2 Å². The van der Waals surface area contributed by atoms with Crippen molar-refractivity contribution >= 4 is 0 Å². The lowest BCUT2D eigenvalue weighted by molar-refractivity contribution is 0.655. The van der Waals surface area contributed by atoms with Crippen LogP contribution in [0.2, 0.25) is 0 Å². The van der Waals surface area contributed by atoms with Crippen LogP contribution in [0.4, 0.5) is 0 Å². The van der Waals surface area contributed by atoms with Crippen molar-refractivity contribution in [2.24, 2.45) is 11.5 Å². The van der Waals surface area contributed by atoms with Crippen LogP contribution in [0, 0.1) is 0 Å². The molecular formula is C9H16N2. The predicted molar refractivity (Wildman–Crippen MR) is 48.1 cm³/mol. The van der Waals surface area contributed by atoms with Crippen LogP contribution in [0.15, 0.2) is 23.8 Å². The molecule has 0 aliphatic heterocycles. The van der Waals surface area contributed by atoms with E-state index in [1.165, 1.54) is 5.57 Å². The van der Waals surface area contributed by atoms with Crippen LogP contribution in [0.3, 0.4) is 0 Å². The summed E-state index contributed by atoms with van der Waals surface area (Å²) >= 11 is 0. The monoisotopic (exact) mass is 152 g/mol. The molecule has 0 fully saturated rings. The smallest absolute Gasteiger partial charge is 0.0200 e. The lowest BCUT2D eigenvalue weighted by Gasteiger charge is -2.12. The van der Waals surface area contributed by atoms with Crippen LogP contribution in [0.5, 0.6) is 0 Å². The third kappa shape index (κ3) is 2.87. The maximum absolute atomic E-state index is 5.71. The molecule has 1 aliphatic rings. The Labute approximate surface area is 68.0 Å². The molecule has 0 aromatic rings. The van der Waals surface area contributed by atoms with Crippen molar-refractivity contribution < 1.29 is 0 Å². The lowest BCUT2D eigenvalue weighted by Crippen LogP contribution is -2.30. The van der Waals surface area contributed by atoms with E-state index in [4.69, 9.17) is 11.5 Å². The van der Waals surface area contributed by atoms with Gasteiger partial charge < -0.3 is 11.5 Å². The quantitative estimate of drug-likeness (QED) is 0.632. The van der Waals surface area contributed by atoms with Gasteiger partial charge in [0.25, 0.3) is 0 Å². The fourth-order valence-electron chi connectivity index (χ4n) is 1.24. The summed E-state index contributed by atoms with van der Waals surface area (Å²) in [4.78, 5) is 0. The first-order valence-corrected chi connectivity index (χ1v) is 4.13. The van der Waals surface area contributed by atoms with E-state index < -0.39 is 0 Å². The summed E-state index contributed by atoms with van der Waals surface area (Å²) in [7, 11) is 0. The van der Waals surface area contributed by atoms with Crippen molar-refractivity contribution in [3.8, 4) is 0 Å². The van der Waals surface area contributed by atoms with Crippen molar-refractivity contribution in [2.45, 2.75) is 25.3 Å². The highest BCUT2D eigenvalue weighted by Crippen LogP contribution is 2.15. The van der Waals surface area contributed by atoms with Crippen molar-refractivity contribution in [1.82, 2.24) is 0 Å². The van der Waals surface area contributed by atoms with Crippen LogP contribution in [-0.2, 0) is 0 Å². The minimum Gasteiger partial charge on any atom is -0.329 e. The summed E-state index contributed by atoms with van der Waals surface area (Å²) in [5.74, 6) is 0. The number of rotatable bonds is 3. The van der Waals surface area contributed by atoms with Gasteiger partial charge in [-0.1, -0.05) is 23.8 Å². The molecule has 2 nitrogen and oxygen atoms in total. The molecule has 0 aromatic heterocycles. The molecule has 11 heavy (non-hydrogen) atoms. The molecule has 62 valence electrons. The third-order valence-electron chi connectivity index (χ3n) is 1.93. The molecule has 0 amide bonds. The van der Waals surface area contributed by atoms with Crippen LogP contribution in [0.25, 0.3) is 0 Å². The summed E-state index contributed by atoms with van der Waals surface area (Å²) in [5.41, 5.74) is 12.6. The molecule has 1 rings (SSSR count). The van der Waals surface area contributed by atoms with Gasteiger partial charge in [0.1, 0.15) is 0 Å². The highest BCUT2D eigenvalue weighted by molar-refractivity contribution is 5.18. The zero-order valence-corrected chi connectivity index (χ0v) is 6.79. The van der Waals surface area contributed by atoms with E-state index in [1.54, 1.807) is 0 Å². The van der Waals surface area contributed by atoms with Crippen molar-refractivity contribution in [3.63, 3.8) is 0 Å². The zero-order valence-electron chi connectivity index (χ0n) is 6.79. The average Bonchev–Trinajstić information content (AvgIpc) is 2.06. The molecule has 0 bridgehead atoms. The summed E-state index contributed by atoms with van der Waals surface area (Å²) in [6, 6.07) is 0.146. The van der Waals surface area contributed by atoms with Gasteiger partial charge >= 0.3 is 0 Å². The molecule has 0 saturated heterocycles. The Kier molecular flexibility index (Phi) is 3.33. The number of hydrogen-bond donors (Lipinski definition) is 2. The van der Waals surface area contributed by atoms with Crippen LogP contribution < -0.4 is 11.5 Å². The van der Waals surface area contributed by atoms with Crippen molar-refractivity contribution in [1.29, 1.82) is 0 Å². The number of hydrogen-bond acceptors (Lipinski definition) is 2. The molecule has 0 unspecified atom stereocenters. The molecule has 0 radical (unpaired) electrons. The summed E-state index contributed by atoms with van der Waals surface area (Å²) < 4.78 is 0. The summed E-state index contributed by atoms with van der Waals surface area (Å²) in [6.07, 6.45) is 9.70. The highest BCUT2D eigenvalue weighted by atomic mass is 14.7. The molecular weight excluding hydrogens is 136 g/mol. The van der Waals surface area contributed by atoms with Gasteiger partial charge in [-0.3, -0.25) is 0 Å². The minimum absolute atomic E-state index is 0.146. The average molecular weight is 152 g/mol. The van der Waals surface area contributed by atoms with Gasteiger partial charge in [0.05, 0.1) is 0 Å². The second-order valence-corrected chi connectivity index (χ2v) is 2.99.